The van der Waals surface area contributed by atoms with Gasteiger partial charge in [-0.3, -0.25) is 4.79 Å². The van der Waals surface area contributed by atoms with Crippen molar-refractivity contribution in [2.75, 3.05) is 38.7 Å². The number of carbonyl (C=O) groups is 1. The Morgan fingerprint density at radius 2 is 2.30 bits per heavy atom. The number of aliphatic hydroxyl groups excluding tert-OH is 1. The lowest BCUT2D eigenvalue weighted by Gasteiger charge is -2.39. The number of piperidine rings is 1. The van der Waals surface area contributed by atoms with Crippen LogP contribution in [0.1, 0.15) is 23.2 Å². The highest BCUT2D eigenvalue weighted by atomic mass is 16.3. The SMILES string of the molecule is CN(C)C(=O)c1cccnc1N1CCCC(O)(CO)C1. The normalized spacial score (nSPS) is 22.7. The van der Waals surface area contributed by atoms with Crippen LogP contribution in [0.4, 0.5) is 5.82 Å². The van der Waals surface area contributed by atoms with Crippen LogP contribution >= 0.6 is 0 Å². The number of aromatic nitrogens is 1. The first-order valence-electron chi connectivity index (χ1n) is 6.72. The Bertz CT molecular complexity index is 492. The standard InChI is InChI=1S/C14H21N3O3/c1-16(2)13(19)11-5-3-7-15-12(11)17-8-4-6-14(20,9-17)10-18/h3,5,7,18,20H,4,6,8-10H2,1-2H3. The van der Waals surface area contributed by atoms with Gasteiger partial charge in [-0.05, 0) is 25.0 Å². The fraction of sp³-hybridized carbons (Fsp3) is 0.571. The zero-order valence-electron chi connectivity index (χ0n) is 11.9. The minimum atomic E-state index is -1.12. The molecule has 0 aromatic carbocycles. The van der Waals surface area contributed by atoms with Crippen LogP contribution < -0.4 is 4.90 Å². The van der Waals surface area contributed by atoms with Gasteiger partial charge in [0.2, 0.25) is 0 Å². The number of rotatable bonds is 3. The lowest BCUT2D eigenvalue weighted by molar-refractivity contribution is -0.0242. The highest BCUT2D eigenvalue weighted by Crippen LogP contribution is 2.27. The number of nitrogens with zero attached hydrogens (tertiary/aromatic N) is 3. The number of amides is 1. The van der Waals surface area contributed by atoms with Gasteiger partial charge in [0.05, 0.1) is 18.7 Å². The van der Waals surface area contributed by atoms with Gasteiger partial charge in [0, 0.05) is 26.8 Å². The summed E-state index contributed by atoms with van der Waals surface area (Å²) in [5.41, 5.74) is -0.603. The molecule has 2 rings (SSSR count). The summed E-state index contributed by atoms with van der Waals surface area (Å²) >= 11 is 0. The lowest BCUT2D eigenvalue weighted by atomic mass is 9.93. The minimum Gasteiger partial charge on any atom is -0.393 e. The number of carbonyl (C=O) groups excluding carboxylic acids is 1. The van der Waals surface area contributed by atoms with Crippen LogP contribution in [0.25, 0.3) is 0 Å². The van der Waals surface area contributed by atoms with E-state index in [9.17, 15) is 15.0 Å². The van der Waals surface area contributed by atoms with Crippen molar-refractivity contribution in [3.05, 3.63) is 23.9 Å². The van der Waals surface area contributed by atoms with Crippen LogP contribution in [-0.2, 0) is 0 Å². The molecule has 6 heteroatoms. The number of pyridine rings is 1. The van der Waals surface area contributed by atoms with Crippen molar-refractivity contribution >= 4 is 11.7 Å². The van der Waals surface area contributed by atoms with Gasteiger partial charge in [-0.15, -0.1) is 0 Å². The summed E-state index contributed by atoms with van der Waals surface area (Å²) in [5.74, 6) is 0.448. The average molecular weight is 279 g/mol. The maximum Gasteiger partial charge on any atom is 0.257 e. The van der Waals surface area contributed by atoms with Gasteiger partial charge in [0.15, 0.2) is 0 Å². The Labute approximate surface area is 118 Å². The molecule has 1 fully saturated rings. The van der Waals surface area contributed by atoms with Gasteiger partial charge >= 0.3 is 0 Å². The summed E-state index contributed by atoms with van der Waals surface area (Å²) in [4.78, 5) is 19.9. The molecule has 0 bridgehead atoms. The molecule has 1 atom stereocenters. The van der Waals surface area contributed by atoms with Crippen LogP contribution in [0.5, 0.6) is 0 Å². The minimum absolute atomic E-state index is 0.119. The maximum atomic E-state index is 12.2. The summed E-state index contributed by atoms with van der Waals surface area (Å²) < 4.78 is 0. The molecule has 1 aromatic rings. The molecule has 2 N–H and O–H groups in total. The van der Waals surface area contributed by atoms with Gasteiger partial charge in [0.25, 0.3) is 5.91 Å². The van der Waals surface area contributed by atoms with E-state index in [1.807, 2.05) is 4.90 Å². The maximum absolute atomic E-state index is 12.2. The molecule has 6 nitrogen and oxygen atoms in total. The van der Waals surface area contributed by atoms with Crippen molar-refractivity contribution in [2.24, 2.45) is 0 Å². The predicted octanol–water partition coefficient (Wildman–Crippen LogP) is 0.107. The topological polar surface area (TPSA) is 76.9 Å². The molecule has 1 unspecified atom stereocenters. The third-order valence-corrected chi connectivity index (χ3v) is 3.57. The summed E-state index contributed by atoms with van der Waals surface area (Å²) in [5, 5.41) is 19.5. The van der Waals surface area contributed by atoms with Crippen molar-refractivity contribution in [2.45, 2.75) is 18.4 Å². The molecule has 1 aliphatic rings. The van der Waals surface area contributed by atoms with Gasteiger partial charge < -0.3 is 20.0 Å². The van der Waals surface area contributed by atoms with Crippen LogP contribution in [0.3, 0.4) is 0 Å². The van der Waals surface area contributed by atoms with Crippen LogP contribution in [0.2, 0.25) is 0 Å². The second-order valence-corrected chi connectivity index (χ2v) is 5.48. The Balaban J connectivity index is 2.31. The first kappa shape index (κ1) is 14.7. The fourth-order valence-corrected chi connectivity index (χ4v) is 2.48. The lowest BCUT2D eigenvalue weighted by Crippen LogP contribution is -2.51. The smallest absolute Gasteiger partial charge is 0.257 e. The molecule has 0 saturated carbocycles. The molecule has 110 valence electrons. The summed E-state index contributed by atoms with van der Waals surface area (Å²) in [6.07, 6.45) is 2.95. The molecule has 1 saturated heterocycles. The molecule has 0 spiro atoms. The highest BCUT2D eigenvalue weighted by molar-refractivity contribution is 5.98. The van der Waals surface area contributed by atoms with Gasteiger partial charge in [-0.2, -0.15) is 0 Å². The van der Waals surface area contributed by atoms with Gasteiger partial charge in [-0.1, -0.05) is 0 Å². The first-order chi connectivity index (χ1) is 9.47. The molecule has 1 aliphatic heterocycles. The van der Waals surface area contributed by atoms with Crippen molar-refractivity contribution < 1.29 is 15.0 Å². The van der Waals surface area contributed by atoms with E-state index in [2.05, 4.69) is 4.98 Å². The molecular formula is C14H21N3O3. The molecule has 0 aliphatic carbocycles. The molecule has 1 amide bonds. The van der Waals surface area contributed by atoms with Crippen LogP contribution in [-0.4, -0.2) is 65.4 Å². The summed E-state index contributed by atoms with van der Waals surface area (Å²) in [7, 11) is 3.39. The summed E-state index contributed by atoms with van der Waals surface area (Å²) in [6.45, 7) is 0.717. The quantitative estimate of drug-likeness (QED) is 0.821. The largest absolute Gasteiger partial charge is 0.393 e. The monoisotopic (exact) mass is 279 g/mol. The van der Waals surface area contributed by atoms with E-state index in [1.165, 1.54) is 4.90 Å². The summed E-state index contributed by atoms with van der Waals surface area (Å²) in [6, 6.07) is 3.46. The second-order valence-electron chi connectivity index (χ2n) is 5.48. The molecular weight excluding hydrogens is 258 g/mol. The predicted molar refractivity (Wildman–Crippen MR) is 75.7 cm³/mol. The number of hydrogen-bond acceptors (Lipinski definition) is 5. The first-order valence-corrected chi connectivity index (χ1v) is 6.72. The number of β-amino-alcohol motifs (C(OH)–C–C–N with tert-alkyl or cyclic N) is 1. The third kappa shape index (κ3) is 2.91. The van der Waals surface area contributed by atoms with E-state index < -0.39 is 5.60 Å². The number of aliphatic hydroxyl groups is 2. The molecule has 0 radical (unpaired) electrons. The van der Waals surface area contributed by atoms with Crippen LogP contribution in [0.15, 0.2) is 18.3 Å². The second kappa shape index (κ2) is 5.76. The van der Waals surface area contributed by atoms with Gasteiger partial charge in [0.1, 0.15) is 11.4 Å². The van der Waals surface area contributed by atoms with Crippen molar-refractivity contribution in [3.8, 4) is 0 Å². The van der Waals surface area contributed by atoms with Crippen molar-refractivity contribution in [1.82, 2.24) is 9.88 Å². The molecule has 1 aromatic heterocycles. The Kier molecular flexibility index (Phi) is 4.25. The average Bonchev–Trinajstić information content (AvgIpc) is 2.46. The van der Waals surface area contributed by atoms with E-state index in [0.29, 0.717) is 24.3 Å². The van der Waals surface area contributed by atoms with Crippen molar-refractivity contribution in [3.63, 3.8) is 0 Å². The molecule has 2 heterocycles. The number of anilines is 1. The van der Waals surface area contributed by atoms with E-state index in [4.69, 9.17) is 0 Å². The van der Waals surface area contributed by atoms with E-state index in [-0.39, 0.29) is 19.1 Å². The Morgan fingerprint density at radius 3 is 2.95 bits per heavy atom. The zero-order valence-corrected chi connectivity index (χ0v) is 11.9. The van der Waals surface area contributed by atoms with Crippen LogP contribution in [0, 0.1) is 0 Å². The van der Waals surface area contributed by atoms with Gasteiger partial charge in [-0.25, -0.2) is 4.98 Å². The zero-order chi connectivity index (χ0) is 14.8. The van der Waals surface area contributed by atoms with Crippen molar-refractivity contribution in [1.29, 1.82) is 0 Å². The van der Waals surface area contributed by atoms with E-state index in [0.717, 1.165) is 6.42 Å². The number of hydrogen-bond donors (Lipinski definition) is 2. The molecule has 20 heavy (non-hydrogen) atoms. The van der Waals surface area contributed by atoms with E-state index in [1.54, 1.807) is 32.4 Å². The van der Waals surface area contributed by atoms with E-state index >= 15 is 0 Å². The Hall–Kier alpha value is -1.66. The third-order valence-electron chi connectivity index (χ3n) is 3.57. The fourth-order valence-electron chi connectivity index (χ4n) is 2.48. The Morgan fingerprint density at radius 1 is 1.55 bits per heavy atom. The highest BCUT2D eigenvalue weighted by Gasteiger charge is 2.34.